The number of para-hydroxylation sites is 1. The van der Waals surface area contributed by atoms with E-state index in [1.807, 2.05) is 60.7 Å². The van der Waals surface area contributed by atoms with Crippen LogP contribution in [-0.2, 0) is 4.79 Å². The Hall–Kier alpha value is -3.68. The first-order valence-electron chi connectivity index (χ1n) is 10.9. The summed E-state index contributed by atoms with van der Waals surface area (Å²) in [5.74, 6) is 1.94. The van der Waals surface area contributed by atoms with Crippen LogP contribution in [0.1, 0.15) is 12.0 Å². The number of hydrogen-bond acceptors (Lipinski definition) is 6. The van der Waals surface area contributed by atoms with Crippen LogP contribution in [0.4, 0.5) is 5.82 Å². The molecular weight excluding hydrogens is 432 g/mol. The molecule has 1 aliphatic rings. The Bertz CT molecular complexity index is 1290. The number of nitrogens with one attached hydrogen (secondary N) is 2. The lowest BCUT2D eigenvalue weighted by Gasteiger charge is -2.08. The van der Waals surface area contributed by atoms with Gasteiger partial charge in [0.1, 0.15) is 17.3 Å². The topological polar surface area (TPSA) is 89.3 Å². The van der Waals surface area contributed by atoms with Crippen LogP contribution < -0.4 is 21.1 Å². The molecule has 5 rings (SSSR count). The summed E-state index contributed by atoms with van der Waals surface area (Å²) < 4.78 is 6.91. The zero-order valence-electron chi connectivity index (χ0n) is 18.0. The van der Waals surface area contributed by atoms with E-state index in [-0.39, 0.29) is 11.9 Å². The molecule has 4 aromatic rings. The summed E-state index contributed by atoms with van der Waals surface area (Å²) in [5.41, 5.74) is 9.19. The van der Waals surface area contributed by atoms with Crippen molar-refractivity contribution in [2.75, 3.05) is 18.8 Å². The zero-order chi connectivity index (χ0) is 22.6. The minimum absolute atomic E-state index is 0.0977. The van der Waals surface area contributed by atoms with Crippen molar-refractivity contribution in [2.24, 2.45) is 0 Å². The van der Waals surface area contributed by atoms with Crippen LogP contribution in [0.25, 0.3) is 27.3 Å². The number of thiophene rings is 1. The predicted molar refractivity (Wildman–Crippen MR) is 134 cm³/mol. The van der Waals surface area contributed by atoms with Crippen LogP contribution >= 0.6 is 11.3 Å². The van der Waals surface area contributed by atoms with Gasteiger partial charge in [-0.25, -0.2) is 4.98 Å². The zero-order valence-corrected chi connectivity index (χ0v) is 18.8. The number of nitrogens with zero attached hydrogens (tertiary/aromatic N) is 1. The SMILES string of the molecule is Nc1ncc(C=CC(=O)N[C@@H]2CCNC2)c2scc(-c3ccc(Oc4ccccc4)cc3)c12. The monoisotopic (exact) mass is 456 g/mol. The number of nitrogen functional groups attached to an aromatic ring is 1. The van der Waals surface area contributed by atoms with Crippen LogP contribution in [0, 0.1) is 0 Å². The fourth-order valence-corrected chi connectivity index (χ4v) is 5.02. The average Bonchev–Trinajstić information content (AvgIpc) is 3.51. The molecule has 2 aromatic heterocycles. The molecule has 0 bridgehead atoms. The summed E-state index contributed by atoms with van der Waals surface area (Å²) in [6.07, 6.45) is 6.05. The second-order valence-corrected chi connectivity index (χ2v) is 8.80. The van der Waals surface area contributed by atoms with Crippen LogP contribution in [-0.4, -0.2) is 30.0 Å². The number of ether oxygens (including phenoxy) is 1. The summed E-state index contributed by atoms with van der Waals surface area (Å²) in [6, 6.07) is 17.8. The summed E-state index contributed by atoms with van der Waals surface area (Å²) in [6.45, 7) is 1.76. The molecule has 1 amide bonds. The molecule has 7 heteroatoms. The first-order valence-corrected chi connectivity index (χ1v) is 11.7. The maximum absolute atomic E-state index is 12.3. The fourth-order valence-electron chi connectivity index (χ4n) is 3.94. The Morgan fingerprint density at radius 1 is 1.15 bits per heavy atom. The Morgan fingerprint density at radius 2 is 1.94 bits per heavy atom. The summed E-state index contributed by atoms with van der Waals surface area (Å²) in [5, 5.41) is 9.25. The van der Waals surface area contributed by atoms with Crippen LogP contribution in [0.5, 0.6) is 11.5 Å². The Balaban J connectivity index is 1.38. The molecule has 0 aliphatic carbocycles. The number of benzene rings is 2. The number of aromatic nitrogens is 1. The molecule has 1 saturated heterocycles. The highest BCUT2D eigenvalue weighted by atomic mass is 32.1. The smallest absolute Gasteiger partial charge is 0.244 e. The highest BCUT2D eigenvalue weighted by molar-refractivity contribution is 7.18. The molecule has 4 N–H and O–H groups in total. The number of carbonyl (C=O) groups excluding carboxylic acids is 1. The van der Waals surface area contributed by atoms with Gasteiger partial charge in [-0.3, -0.25) is 4.79 Å². The average molecular weight is 457 g/mol. The molecule has 0 spiro atoms. The number of carbonyl (C=O) groups is 1. The van der Waals surface area contributed by atoms with Crippen LogP contribution in [0.15, 0.2) is 72.3 Å². The Kier molecular flexibility index (Phi) is 6.06. The van der Waals surface area contributed by atoms with Gasteiger partial charge in [0.25, 0.3) is 0 Å². The third kappa shape index (κ3) is 4.74. The third-order valence-corrected chi connectivity index (χ3v) is 6.65. The van der Waals surface area contributed by atoms with E-state index in [0.29, 0.717) is 5.82 Å². The first kappa shape index (κ1) is 21.2. The standard InChI is InChI=1S/C26H24N4O2S/c27-26-24-22(17-6-9-21(10-7-17)32-20-4-2-1-3-5-20)16-33-25(24)18(14-29-26)8-11-23(31)30-19-12-13-28-15-19/h1-11,14,16,19,28H,12-13,15H2,(H2,27,29)(H,30,31)/t19-/m1/s1. The number of rotatable bonds is 6. The number of fused-ring (bicyclic) bond motifs is 1. The first-order chi connectivity index (χ1) is 16.2. The minimum atomic E-state index is -0.0977. The van der Waals surface area contributed by atoms with Gasteiger partial charge in [-0.05, 0) is 54.3 Å². The summed E-state index contributed by atoms with van der Waals surface area (Å²) in [7, 11) is 0. The van der Waals surface area contributed by atoms with Crippen molar-refractivity contribution in [1.29, 1.82) is 0 Å². The van der Waals surface area contributed by atoms with Gasteiger partial charge < -0.3 is 21.1 Å². The van der Waals surface area contributed by atoms with Crippen molar-refractivity contribution in [1.82, 2.24) is 15.6 Å². The number of nitrogens with two attached hydrogens (primary N) is 1. The van der Waals surface area contributed by atoms with Gasteiger partial charge in [-0.1, -0.05) is 30.3 Å². The molecule has 2 aromatic carbocycles. The van der Waals surface area contributed by atoms with Crippen molar-refractivity contribution < 1.29 is 9.53 Å². The molecule has 33 heavy (non-hydrogen) atoms. The van der Waals surface area contributed by atoms with Crippen molar-refractivity contribution in [3.63, 3.8) is 0 Å². The number of amides is 1. The number of pyridine rings is 1. The third-order valence-electron chi connectivity index (χ3n) is 5.62. The van der Waals surface area contributed by atoms with Crippen molar-refractivity contribution >= 4 is 39.2 Å². The quantitative estimate of drug-likeness (QED) is 0.362. The molecule has 0 saturated carbocycles. The van der Waals surface area contributed by atoms with Gasteiger partial charge >= 0.3 is 0 Å². The van der Waals surface area contributed by atoms with E-state index in [9.17, 15) is 4.79 Å². The lowest BCUT2D eigenvalue weighted by molar-refractivity contribution is -0.117. The molecule has 1 aliphatic heterocycles. The molecule has 1 atom stereocenters. The normalized spacial score (nSPS) is 15.8. The van der Waals surface area contributed by atoms with E-state index in [2.05, 4.69) is 21.0 Å². The van der Waals surface area contributed by atoms with E-state index in [0.717, 1.165) is 57.8 Å². The Labute approximate surface area is 196 Å². The van der Waals surface area contributed by atoms with E-state index < -0.39 is 0 Å². The lowest BCUT2D eigenvalue weighted by Crippen LogP contribution is -2.34. The number of anilines is 1. The van der Waals surface area contributed by atoms with E-state index in [1.165, 1.54) is 0 Å². The maximum Gasteiger partial charge on any atom is 0.244 e. The second kappa shape index (κ2) is 9.44. The van der Waals surface area contributed by atoms with E-state index in [1.54, 1.807) is 23.6 Å². The summed E-state index contributed by atoms with van der Waals surface area (Å²) >= 11 is 1.60. The highest BCUT2D eigenvalue weighted by Crippen LogP contribution is 2.39. The van der Waals surface area contributed by atoms with Gasteiger partial charge in [-0.15, -0.1) is 11.3 Å². The van der Waals surface area contributed by atoms with Crippen molar-refractivity contribution in [3.05, 3.63) is 77.8 Å². The van der Waals surface area contributed by atoms with E-state index in [4.69, 9.17) is 10.5 Å². The molecule has 166 valence electrons. The van der Waals surface area contributed by atoms with Crippen LogP contribution in [0.2, 0.25) is 0 Å². The summed E-state index contributed by atoms with van der Waals surface area (Å²) in [4.78, 5) is 16.7. The molecule has 0 radical (unpaired) electrons. The van der Waals surface area contributed by atoms with Gasteiger partial charge in [0.15, 0.2) is 0 Å². The van der Waals surface area contributed by atoms with Crippen LogP contribution in [0.3, 0.4) is 0 Å². The minimum Gasteiger partial charge on any atom is -0.457 e. The van der Waals surface area contributed by atoms with E-state index >= 15 is 0 Å². The molecule has 3 heterocycles. The molecular formula is C26H24N4O2S. The van der Waals surface area contributed by atoms with Crippen molar-refractivity contribution in [3.8, 4) is 22.6 Å². The number of hydrogen-bond donors (Lipinski definition) is 3. The Morgan fingerprint density at radius 3 is 2.70 bits per heavy atom. The van der Waals surface area contributed by atoms with Gasteiger partial charge in [0, 0.05) is 46.1 Å². The van der Waals surface area contributed by atoms with Gasteiger partial charge in [-0.2, -0.15) is 0 Å². The predicted octanol–water partition coefficient (Wildman–Crippen LogP) is 4.83. The molecule has 0 unspecified atom stereocenters. The van der Waals surface area contributed by atoms with Crippen molar-refractivity contribution in [2.45, 2.75) is 12.5 Å². The fraction of sp³-hybridized carbons (Fsp3) is 0.154. The maximum atomic E-state index is 12.3. The largest absolute Gasteiger partial charge is 0.457 e. The highest BCUT2D eigenvalue weighted by Gasteiger charge is 2.16. The molecule has 6 nitrogen and oxygen atoms in total. The molecule has 1 fully saturated rings. The van der Waals surface area contributed by atoms with Gasteiger partial charge in [0.05, 0.1) is 0 Å². The van der Waals surface area contributed by atoms with Gasteiger partial charge in [0.2, 0.25) is 5.91 Å². The lowest BCUT2D eigenvalue weighted by atomic mass is 10.0. The second-order valence-electron chi connectivity index (χ2n) is 7.92.